The number of rotatable bonds is 2. The van der Waals surface area contributed by atoms with Gasteiger partial charge in [0, 0.05) is 12.0 Å². The van der Waals surface area contributed by atoms with Crippen LogP contribution in [0.3, 0.4) is 0 Å². The van der Waals surface area contributed by atoms with E-state index in [2.05, 4.69) is 0 Å². The highest BCUT2D eigenvalue weighted by atomic mass is 16.5. The fraction of sp³-hybridized carbons (Fsp3) is 0.667. The van der Waals surface area contributed by atoms with E-state index < -0.39 is 24.2 Å². The molecule has 1 aliphatic rings. The van der Waals surface area contributed by atoms with Gasteiger partial charge in [-0.05, 0) is 6.92 Å². The molecular weight excluding hydrogens is 186 g/mol. The van der Waals surface area contributed by atoms with Crippen LogP contribution < -0.4 is 5.73 Å². The van der Waals surface area contributed by atoms with E-state index in [-0.39, 0.29) is 13.0 Å². The fourth-order valence-electron chi connectivity index (χ4n) is 1.38. The fourth-order valence-corrected chi connectivity index (χ4v) is 1.38. The molecule has 3 atom stereocenters. The summed E-state index contributed by atoms with van der Waals surface area (Å²) < 4.78 is 4.76. The van der Waals surface area contributed by atoms with Gasteiger partial charge in [-0.15, -0.1) is 0 Å². The lowest BCUT2D eigenvalue weighted by Gasteiger charge is -2.27. The molecule has 0 heterocycles. The normalized spacial score (nSPS) is 32.3. The Morgan fingerprint density at radius 1 is 1.71 bits per heavy atom. The first-order chi connectivity index (χ1) is 6.56. The van der Waals surface area contributed by atoms with Crippen molar-refractivity contribution < 1.29 is 19.7 Å². The molecule has 0 radical (unpaired) electrons. The zero-order valence-corrected chi connectivity index (χ0v) is 8.01. The summed E-state index contributed by atoms with van der Waals surface area (Å²) in [6.45, 7) is 1.98. The van der Waals surface area contributed by atoms with Gasteiger partial charge in [-0.25, -0.2) is 4.79 Å². The maximum absolute atomic E-state index is 11.3. The first-order valence-electron chi connectivity index (χ1n) is 4.55. The van der Waals surface area contributed by atoms with Gasteiger partial charge in [0.2, 0.25) is 0 Å². The lowest BCUT2D eigenvalue weighted by Crippen LogP contribution is -2.45. The molecule has 80 valence electrons. The van der Waals surface area contributed by atoms with Crippen molar-refractivity contribution in [2.24, 2.45) is 5.73 Å². The molecule has 0 aliphatic heterocycles. The number of carbonyl (C=O) groups excluding carboxylic acids is 1. The standard InChI is InChI=1S/C9H15NO4/c1-2-14-9(13)5-3-6(10)8(12)7(11)4-5/h3,6-8,11-12H,2,4,10H2,1H3/t6-,7+,8+/m0/s1. The smallest absolute Gasteiger partial charge is 0.333 e. The van der Waals surface area contributed by atoms with Gasteiger partial charge in [0.15, 0.2) is 0 Å². The summed E-state index contributed by atoms with van der Waals surface area (Å²) in [6, 6.07) is -0.710. The van der Waals surface area contributed by atoms with Crippen LogP contribution in [0.15, 0.2) is 11.6 Å². The predicted molar refractivity (Wildman–Crippen MR) is 49.3 cm³/mol. The Labute approximate surface area is 82.2 Å². The Morgan fingerprint density at radius 3 is 2.86 bits per heavy atom. The van der Waals surface area contributed by atoms with E-state index in [1.54, 1.807) is 6.92 Å². The van der Waals surface area contributed by atoms with Crippen LogP contribution in [0.2, 0.25) is 0 Å². The molecule has 0 saturated carbocycles. The van der Waals surface area contributed by atoms with Crippen molar-refractivity contribution in [2.45, 2.75) is 31.6 Å². The summed E-state index contributed by atoms with van der Waals surface area (Å²) in [4.78, 5) is 11.3. The molecule has 0 fully saturated rings. The third-order valence-corrected chi connectivity index (χ3v) is 2.15. The Morgan fingerprint density at radius 2 is 2.36 bits per heavy atom. The van der Waals surface area contributed by atoms with E-state index in [0.29, 0.717) is 5.57 Å². The predicted octanol–water partition coefficient (Wildman–Crippen LogP) is -1.07. The van der Waals surface area contributed by atoms with Crippen molar-refractivity contribution in [1.82, 2.24) is 0 Å². The van der Waals surface area contributed by atoms with Gasteiger partial charge in [-0.1, -0.05) is 6.08 Å². The van der Waals surface area contributed by atoms with E-state index in [0.717, 1.165) is 0 Å². The van der Waals surface area contributed by atoms with E-state index >= 15 is 0 Å². The Hall–Kier alpha value is -0.910. The van der Waals surface area contributed by atoms with Gasteiger partial charge < -0.3 is 20.7 Å². The molecule has 0 aromatic carbocycles. The number of hydrogen-bond acceptors (Lipinski definition) is 5. The topological polar surface area (TPSA) is 92.8 Å². The number of nitrogens with two attached hydrogens (primary N) is 1. The number of carbonyl (C=O) groups is 1. The molecule has 5 heteroatoms. The Kier molecular flexibility index (Phi) is 3.62. The molecule has 1 aliphatic carbocycles. The molecule has 0 bridgehead atoms. The average Bonchev–Trinajstić information content (AvgIpc) is 2.13. The third-order valence-electron chi connectivity index (χ3n) is 2.15. The molecule has 0 unspecified atom stereocenters. The minimum absolute atomic E-state index is 0.0910. The van der Waals surface area contributed by atoms with E-state index in [1.807, 2.05) is 0 Å². The molecule has 1 rings (SSSR count). The van der Waals surface area contributed by atoms with Crippen molar-refractivity contribution in [2.75, 3.05) is 6.61 Å². The van der Waals surface area contributed by atoms with Crippen molar-refractivity contribution in [3.8, 4) is 0 Å². The average molecular weight is 201 g/mol. The number of aliphatic hydroxyl groups excluding tert-OH is 2. The van der Waals surface area contributed by atoms with Crippen molar-refractivity contribution in [3.63, 3.8) is 0 Å². The van der Waals surface area contributed by atoms with E-state index in [9.17, 15) is 15.0 Å². The quantitative estimate of drug-likeness (QED) is 0.495. The van der Waals surface area contributed by atoms with E-state index in [4.69, 9.17) is 10.5 Å². The highest BCUT2D eigenvalue weighted by Gasteiger charge is 2.30. The van der Waals surface area contributed by atoms with Gasteiger partial charge in [0.05, 0.1) is 24.9 Å². The molecular formula is C9H15NO4. The Balaban J connectivity index is 2.71. The van der Waals surface area contributed by atoms with Crippen molar-refractivity contribution in [3.05, 3.63) is 11.6 Å². The van der Waals surface area contributed by atoms with Crippen LogP contribution in [0.4, 0.5) is 0 Å². The molecule has 14 heavy (non-hydrogen) atoms. The van der Waals surface area contributed by atoms with Crippen LogP contribution in [-0.2, 0) is 9.53 Å². The third kappa shape index (κ3) is 2.31. The van der Waals surface area contributed by atoms with Crippen molar-refractivity contribution in [1.29, 1.82) is 0 Å². The molecule has 5 nitrogen and oxygen atoms in total. The second-order valence-electron chi connectivity index (χ2n) is 3.25. The zero-order valence-electron chi connectivity index (χ0n) is 8.01. The molecule has 0 saturated heterocycles. The first kappa shape index (κ1) is 11.2. The van der Waals surface area contributed by atoms with E-state index in [1.165, 1.54) is 6.08 Å². The van der Waals surface area contributed by atoms with Gasteiger partial charge >= 0.3 is 5.97 Å². The maximum Gasteiger partial charge on any atom is 0.333 e. The van der Waals surface area contributed by atoms with Crippen LogP contribution in [-0.4, -0.2) is 41.0 Å². The molecule has 0 amide bonds. The van der Waals surface area contributed by atoms with Crippen LogP contribution in [0.5, 0.6) is 0 Å². The van der Waals surface area contributed by atoms with Gasteiger partial charge in [0.25, 0.3) is 0 Å². The molecule has 4 N–H and O–H groups in total. The second kappa shape index (κ2) is 4.54. The summed E-state index contributed by atoms with van der Waals surface area (Å²) in [6.07, 6.45) is -0.467. The van der Waals surface area contributed by atoms with Crippen LogP contribution in [0.25, 0.3) is 0 Å². The number of esters is 1. The molecule has 0 aromatic heterocycles. The van der Waals surface area contributed by atoms with Crippen LogP contribution in [0, 0.1) is 0 Å². The van der Waals surface area contributed by atoms with Gasteiger partial charge in [-0.3, -0.25) is 0 Å². The maximum atomic E-state index is 11.3. The number of ether oxygens (including phenoxy) is 1. The summed E-state index contributed by atoms with van der Waals surface area (Å²) in [7, 11) is 0. The summed E-state index contributed by atoms with van der Waals surface area (Å²) in [5, 5.41) is 18.7. The van der Waals surface area contributed by atoms with Crippen LogP contribution in [0.1, 0.15) is 13.3 Å². The summed E-state index contributed by atoms with van der Waals surface area (Å²) >= 11 is 0. The SMILES string of the molecule is CCOC(=O)C1=C[C@H](N)[C@@H](O)[C@H](O)C1. The summed E-state index contributed by atoms with van der Waals surface area (Å²) in [5.74, 6) is -0.478. The summed E-state index contributed by atoms with van der Waals surface area (Å²) in [5.41, 5.74) is 5.83. The zero-order chi connectivity index (χ0) is 10.7. The second-order valence-corrected chi connectivity index (χ2v) is 3.25. The largest absolute Gasteiger partial charge is 0.463 e. The molecule has 0 aromatic rings. The monoisotopic (exact) mass is 201 g/mol. The Bertz CT molecular complexity index is 251. The lowest BCUT2D eigenvalue weighted by atomic mass is 9.91. The highest BCUT2D eigenvalue weighted by molar-refractivity contribution is 5.88. The lowest BCUT2D eigenvalue weighted by molar-refractivity contribution is -0.139. The van der Waals surface area contributed by atoms with Gasteiger partial charge in [0.1, 0.15) is 0 Å². The highest BCUT2D eigenvalue weighted by Crippen LogP contribution is 2.19. The van der Waals surface area contributed by atoms with Crippen molar-refractivity contribution >= 4 is 5.97 Å². The first-order valence-corrected chi connectivity index (χ1v) is 4.55. The minimum Gasteiger partial charge on any atom is -0.463 e. The van der Waals surface area contributed by atoms with Crippen LogP contribution >= 0.6 is 0 Å². The minimum atomic E-state index is -1.01. The number of aliphatic hydroxyl groups is 2. The van der Waals surface area contributed by atoms with Gasteiger partial charge in [-0.2, -0.15) is 0 Å². The molecule has 0 spiro atoms. The number of hydrogen-bond donors (Lipinski definition) is 3.